The predicted octanol–water partition coefficient (Wildman–Crippen LogP) is 6.35. The number of hydrogen-bond donors (Lipinski definition) is 3. The summed E-state index contributed by atoms with van der Waals surface area (Å²) in [5.41, 5.74) is 1.93. The van der Waals surface area contributed by atoms with Gasteiger partial charge in [-0.1, -0.05) is 74.7 Å². The number of nitrogens with one attached hydrogen (secondary N) is 1. The van der Waals surface area contributed by atoms with Gasteiger partial charge >= 0.3 is 11.9 Å². The summed E-state index contributed by atoms with van der Waals surface area (Å²) >= 11 is 12.1. The zero-order valence-electron chi connectivity index (χ0n) is 21.6. The summed E-state index contributed by atoms with van der Waals surface area (Å²) in [5, 5.41) is 22.1. The van der Waals surface area contributed by atoms with E-state index in [0.717, 1.165) is 12.8 Å². The molecule has 9 heteroatoms. The Morgan fingerprint density at radius 1 is 1.06 bits per heavy atom. The van der Waals surface area contributed by atoms with Crippen molar-refractivity contribution < 1.29 is 24.5 Å². The molecule has 1 unspecified atom stereocenters. The van der Waals surface area contributed by atoms with Crippen LogP contribution >= 0.6 is 23.2 Å². The molecule has 1 aliphatic rings. The number of para-hydroxylation sites is 2. The van der Waals surface area contributed by atoms with Gasteiger partial charge in [-0.25, -0.2) is 4.79 Å². The van der Waals surface area contributed by atoms with E-state index in [2.05, 4.69) is 26.1 Å². The smallest absolute Gasteiger partial charge is 0.334 e. The molecule has 0 aromatic heterocycles. The number of halogens is 2. The van der Waals surface area contributed by atoms with Gasteiger partial charge in [0.15, 0.2) is 0 Å². The Balaban J connectivity index is 0.000000356. The maximum absolute atomic E-state index is 11.4. The summed E-state index contributed by atoms with van der Waals surface area (Å²) in [6.45, 7) is 7.99. The van der Waals surface area contributed by atoms with Crippen molar-refractivity contribution in [2.45, 2.75) is 65.6 Å². The van der Waals surface area contributed by atoms with E-state index in [1.165, 1.54) is 13.3 Å². The van der Waals surface area contributed by atoms with E-state index in [0.29, 0.717) is 44.7 Å². The maximum atomic E-state index is 11.4. The zero-order chi connectivity index (χ0) is 26.1. The first-order valence-electron chi connectivity index (χ1n) is 11.9. The van der Waals surface area contributed by atoms with Crippen molar-refractivity contribution in [1.29, 1.82) is 0 Å². The van der Waals surface area contributed by atoms with E-state index in [-0.39, 0.29) is 42.1 Å². The number of rotatable bonds is 7. The van der Waals surface area contributed by atoms with Gasteiger partial charge in [-0.15, -0.1) is 0 Å². The molecule has 1 radical (unpaired) electrons. The molecule has 4 atom stereocenters. The number of esters is 1. The summed E-state index contributed by atoms with van der Waals surface area (Å²) in [5.74, 6) is 0.212. The number of aliphatic carboxylic acids is 1. The van der Waals surface area contributed by atoms with E-state index in [1.807, 2.05) is 6.07 Å². The van der Waals surface area contributed by atoms with Crippen molar-refractivity contribution in [3.63, 3.8) is 0 Å². The second kappa shape index (κ2) is 15.9. The van der Waals surface area contributed by atoms with Crippen LogP contribution in [0.4, 0.5) is 11.4 Å². The maximum Gasteiger partial charge on any atom is 0.334 e. The molecule has 2 aromatic carbocycles. The minimum atomic E-state index is -1.01. The van der Waals surface area contributed by atoms with Crippen LogP contribution in [0.3, 0.4) is 0 Å². The molecule has 0 saturated heterocycles. The minimum absolute atomic E-state index is 0. The molecule has 0 aliphatic heterocycles. The van der Waals surface area contributed by atoms with Crippen LogP contribution in [0, 0.1) is 17.8 Å². The van der Waals surface area contributed by atoms with Gasteiger partial charge in [0.2, 0.25) is 0 Å². The van der Waals surface area contributed by atoms with E-state index in [1.54, 1.807) is 36.4 Å². The zero-order valence-corrected chi connectivity index (χ0v) is 25.1. The molecule has 0 bridgehead atoms. The van der Waals surface area contributed by atoms with Crippen LogP contribution in [-0.2, 0) is 20.7 Å². The fourth-order valence-electron chi connectivity index (χ4n) is 4.21. The standard InChI is InChI=1S/C14H11Cl2NO2.C13H24O3.Na/c15-10-5-3-6-11(16)14(10)17-12-7-2-1-4-9(12)8-13(18)19;1-8(2)11-6-5-9(3)7-12(11)16-13(15)10(4)14;/h1-7,17H,8H2,(H,18,19);8-12,14H,5-7H2,1-4H3;/t;9-,10?,11+,12-;/m.1./s1. The fourth-order valence-corrected chi connectivity index (χ4v) is 4.70. The largest absolute Gasteiger partial charge is 0.481 e. The van der Waals surface area contributed by atoms with Gasteiger partial charge in [0, 0.05) is 35.2 Å². The van der Waals surface area contributed by atoms with Gasteiger partial charge in [0.1, 0.15) is 12.2 Å². The number of carbonyl (C=O) groups excluding carboxylic acids is 1. The molecule has 3 N–H and O–H groups in total. The molecule has 0 spiro atoms. The van der Waals surface area contributed by atoms with E-state index in [4.69, 9.17) is 38.2 Å². The van der Waals surface area contributed by atoms with Crippen LogP contribution in [0.15, 0.2) is 42.5 Å². The fraction of sp³-hybridized carbons (Fsp3) is 0.481. The number of carboxylic acid groups (broad SMARTS) is 1. The molecule has 1 fully saturated rings. The Kier molecular flexibility index (Phi) is 14.4. The van der Waals surface area contributed by atoms with E-state index >= 15 is 0 Å². The Labute approximate surface area is 246 Å². The van der Waals surface area contributed by atoms with Crippen molar-refractivity contribution in [2.24, 2.45) is 17.8 Å². The van der Waals surface area contributed by atoms with Crippen molar-refractivity contribution in [3.05, 3.63) is 58.1 Å². The summed E-state index contributed by atoms with van der Waals surface area (Å²) in [6.07, 6.45) is 2.19. The average Bonchev–Trinajstić information content (AvgIpc) is 2.77. The van der Waals surface area contributed by atoms with Gasteiger partial charge in [-0.3, -0.25) is 4.79 Å². The predicted molar refractivity (Wildman–Crippen MR) is 146 cm³/mol. The minimum Gasteiger partial charge on any atom is -0.481 e. The second-order valence-electron chi connectivity index (χ2n) is 9.43. The summed E-state index contributed by atoms with van der Waals surface area (Å²) in [7, 11) is 0. The van der Waals surface area contributed by atoms with Crippen molar-refractivity contribution in [1.82, 2.24) is 0 Å². The first kappa shape index (κ1) is 32.7. The van der Waals surface area contributed by atoms with Gasteiger partial charge in [-0.05, 0) is 61.3 Å². The third-order valence-corrected chi connectivity index (χ3v) is 6.78. The Morgan fingerprint density at radius 3 is 2.22 bits per heavy atom. The topological polar surface area (TPSA) is 95.9 Å². The first-order valence-corrected chi connectivity index (χ1v) is 12.6. The molecule has 1 saturated carbocycles. The number of carboxylic acids is 1. The van der Waals surface area contributed by atoms with Gasteiger partial charge < -0.3 is 20.3 Å². The van der Waals surface area contributed by atoms with Crippen molar-refractivity contribution in [2.75, 3.05) is 5.32 Å². The van der Waals surface area contributed by atoms with Crippen LogP contribution in [0.2, 0.25) is 10.0 Å². The molecule has 0 amide bonds. The Bertz CT molecular complexity index is 982. The molecule has 36 heavy (non-hydrogen) atoms. The number of aliphatic hydroxyl groups is 1. The number of hydrogen-bond acceptors (Lipinski definition) is 5. The molecule has 0 heterocycles. The van der Waals surface area contributed by atoms with Crippen LogP contribution in [-0.4, -0.2) is 63.9 Å². The third-order valence-electron chi connectivity index (χ3n) is 6.15. The van der Waals surface area contributed by atoms with Crippen LogP contribution in [0.1, 0.15) is 52.5 Å². The van der Waals surface area contributed by atoms with Gasteiger partial charge in [0.25, 0.3) is 0 Å². The van der Waals surface area contributed by atoms with Gasteiger partial charge in [-0.2, -0.15) is 0 Å². The van der Waals surface area contributed by atoms with Crippen LogP contribution in [0.5, 0.6) is 0 Å². The molecule has 193 valence electrons. The quantitative estimate of drug-likeness (QED) is 0.276. The number of anilines is 2. The summed E-state index contributed by atoms with van der Waals surface area (Å²) in [6, 6.07) is 12.3. The van der Waals surface area contributed by atoms with Crippen molar-refractivity contribution >= 4 is 76.1 Å². The molecular formula is C27H35Cl2NNaO5. The van der Waals surface area contributed by atoms with Crippen LogP contribution < -0.4 is 5.32 Å². The molecule has 2 aromatic rings. The molecule has 6 nitrogen and oxygen atoms in total. The SMILES string of the molecule is CC(O)C(=O)O[C@@H]1C[C@H](C)CC[C@H]1C(C)C.O=C(O)Cc1ccccc1Nc1c(Cl)cccc1Cl.[Na]. The summed E-state index contributed by atoms with van der Waals surface area (Å²) in [4.78, 5) is 22.2. The Morgan fingerprint density at radius 2 is 1.67 bits per heavy atom. The monoisotopic (exact) mass is 546 g/mol. The van der Waals surface area contributed by atoms with Crippen LogP contribution in [0.25, 0.3) is 0 Å². The number of benzene rings is 2. The molecule has 1 aliphatic carbocycles. The molecule has 3 rings (SSSR count). The number of ether oxygens (including phenoxy) is 1. The van der Waals surface area contributed by atoms with E-state index in [9.17, 15) is 9.59 Å². The number of carbonyl (C=O) groups is 2. The third kappa shape index (κ3) is 10.2. The number of aliphatic hydroxyl groups excluding tert-OH is 1. The van der Waals surface area contributed by atoms with E-state index < -0.39 is 18.0 Å². The van der Waals surface area contributed by atoms with Crippen molar-refractivity contribution in [3.8, 4) is 0 Å². The van der Waals surface area contributed by atoms with Gasteiger partial charge in [0.05, 0.1) is 22.2 Å². The summed E-state index contributed by atoms with van der Waals surface area (Å²) < 4.78 is 5.41. The first-order chi connectivity index (χ1) is 16.5. The Hall–Kier alpha value is -1.28. The normalized spacial score (nSPS) is 19.8. The second-order valence-corrected chi connectivity index (χ2v) is 10.2. The molecular weight excluding hydrogens is 512 g/mol. The average molecular weight is 547 g/mol.